The van der Waals surface area contributed by atoms with E-state index >= 15 is 0 Å². The van der Waals surface area contributed by atoms with Gasteiger partial charge >= 0.3 is 11.9 Å². The van der Waals surface area contributed by atoms with Gasteiger partial charge in [0.2, 0.25) is 4.73 Å². The second-order valence-corrected chi connectivity index (χ2v) is 17.1. The van der Waals surface area contributed by atoms with E-state index < -0.39 is 37.9 Å². The van der Waals surface area contributed by atoms with Crippen LogP contribution in [0.2, 0.25) is 28.2 Å². The third-order valence-electron chi connectivity index (χ3n) is 6.82. The molecule has 0 amide bonds. The number of alkyl halides is 3. The standard InChI is InChI=1S/C25H27BrCl2F3N7O2Si/c1-24(2,3)41(4,5)40-18(25(29,30)31)13-36-20(15-8-10-16(27)11-9-15)35-37(23(36)39)14-19-33-22(26)38(34-19)21-17(28)7-6-12-32-21/h6-12,18H,13-14H2,1-5H3. The van der Waals surface area contributed by atoms with E-state index in [1.807, 2.05) is 20.8 Å². The van der Waals surface area contributed by atoms with Gasteiger partial charge in [-0.3, -0.25) is 4.57 Å². The molecule has 4 aromatic rings. The van der Waals surface area contributed by atoms with Crippen molar-refractivity contribution in [1.29, 1.82) is 0 Å². The van der Waals surface area contributed by atoms with E-state index in [0.717, 1.165) is 9.25 Å². The first kappa shape index (κ1) is 31.4. The van der Waals surface area contributed by atoms with Crippen molar-refractivity contribution in [3.63, 3.8) is 0 Å². The largest absolute Gasteiger partial charge is 0.415 e. The molecule has 0 aliphatic carbocycles. The maximum Gasteiger partial charge on any atom is 0.415 e. The predicted molar refractivity (Wildman–Crippen MR) is 156 cm³/mol. The fourth-order valence-electron chi connectivity index (χ4n) is 3.63. The molecule has 3 aromatic heterocycles. The minimum absolute atomic E-state index is 0.0195. The van der Waals surface area contributed by atoms with Crippen molar-refractivity contribution < 1.29 is 17.6 Å². The van der Waals surface area contributed by atoms with Gasteiger partial charge in [-0.15, -0.1) is 10.2 Å². The number of pyridine rings is 1. The smallest absolute Gasteiger partial charge is 0.404 e. The first-order chi connectivity index (χ1) is 19.0. The van der Waals surface area contributed by atoms with Gasteiger partial charge in [0, 0.05) is 16.8 Å². The number of nitrogens with zero attached hydrogens (tertiary/aromatic N) is 7. The molecule has 4 rings (SSSR count). The SMILES string of the molecule is CC(C)(C)[Si](C)(C)OC(Cn1c(-c2ccc(Cl)cc2)nn(Cc2nc(Br)n(-c3ncccc3Cl)n2)c1=O)C(F)(F)F. The summed E-state index contributed by atoms with van der Waals surface area (Å²) in [5.41, 5.74) is -0.384. The van der Waals surface area contributed by atoms with Gasteiger partial charge in [-0.1, -0.05) is 44.0 Å². The van der Waals surface area contributed by atoms with Gasteiger partial charge in [0.15, 0.2) is 31.9 Å². The number of hydrogen-bond acceptors (Lipinski definition) is 6. The Hall–Kier alpha value is -2.52. The number of hydrogen-bond donors (Lipinski definition) is 0. The van der Waals surface area contributed by atoms with Crippen LogP contribution in [0.15, 0.2) is 52.1 Å². The lowest BCUT2D eigenvalue weighted by Crippen LogP contribution is -2.50. The third-order valence-corrected chi connectivity index (χ3v) is 12.4. The van der Waals surface area contributed by atoms with E-state index in [2.05, 4.69) is 36.1 Å². The minimum Gasteiger partial charge on any atom is -0.404 e. The van der Waals surface area contributed by atoms with E-state index in [1.165, 1.54) is 10.9 Å². The van der Waals surface area contributed by atoms with Crippen molar-refractivity contribution in [2.24, 2.45) is 0 Å². The molecular weight excluding hydrogens is 666 g/mol. The maximum atomic E-state index is 14.3. The molecule has 0 saturated carbocycles. The summed E-state index contributed by atoms with van der Waals surface area (Å²) in [5.74, 6) is 0.472. The van der Waals surface area contributed by atoms with Gasteiger partial charge in [-0.25, -0.2) is 19.4 Å². The highest BCUT2D eigenvalue weighted by Gasteiger charge is 2.48. The average molecular weight is 693 g/mol. The van der Waals surface area contributed by atoms with Gasteiger partial charge in [-0.05, 0) is 70.5 Å². The van der Waals surface area contributed by atoms with E-state index in [1.54, 1.807) is 49.5 Å². The van der Waals surface area contributed by atoms with Gasteiger partial charge in [0.05, 0.1) is 11.6 Å². The second-order valence-electron chi connectivity index (χ2n) is 10.8. The molecule has 9 nitrogen and oxygen atoms in total. The number of aromatic nitrogens is 7. The van der Waals surface area contributed by atoms with Crippen molar-refractivity contribution in [1.82, 2.24) is 34.1 Å². The first-order valence-electron chi connectivity index (χ1n) is 12.4. The van der Waals surface area contributed by atoms with Crippen LogP contribution in [-0.4, -0.2) is 54.7 Å². The summed E-state index contributed by atoms with van der Waals surface area (Å²) in [7, 11) is -2.87. The van der Waals surface area contributed by atoms with Crippen molar-refractivity contribution in [2.45, 2.75) is 64.3 Å². The number of rotatable bonds is 8. The lowest BCUT2D eigenvalue weighted by molar-refractivity contribution is -0.202. The highest BCUT2D eigenvalue weighted by atomic mass is 79.9. The maximum absolute atomic E-state index is 14.3. The summed E-state index contributed by atoms with van der Waals surface area (Å²) in [5, 5.41) is 8.99. The van der Waals surface area contributed by atoms with Crippen LogP contribution in [0.1, 0.15) is 26.6 Å². The molecule has 0 radical (unpaired) electrons. The van der Waals surface area contributed by atoms with Crippen molar-refractivity contribution >= 4 is 47.4 Å². The van der Waals surface area contributed by atoms with Crippen LogP contribution in [0.5, 0.6) is 0 Å². The van der Waals surface area contributed by atoms with Crippen LogP contribution in [0.3, 0.4) is 0 Å². The molecule has 3 heterocycles. The molecule has 220 valence electrons. The predicted octanol–water partition coefficient (Wildman–Crippen LogP) is 6.76. The molecule has 1 atom stereocenters. The molecule has 0 spiro atoms. The fourth-order valence-corrected chi connectivity index (χ4v) is 5.68. The van der Waals surface area contributed by atoms with Crippen LogP contribution in [0, 0.1) is 0 Å². The molecule has 0 N–H and O–H groups in total. The topological polar surface area (TPSA) is 92.7 Å². The van der Waals surface area contributed by atoms with Gasteiger partial charge < -0.3 is 4.43 Å². The normalized spacial score (nSPS) is 13.5. The quantitative estimate of drug-likeness (QED) is 0.190. The molecule has 0 fully saturated rings. The van der Waals surface area contributed by atoms with E-state index in [9.17, 15) is 18.0 Å². The van der Waals surface area contributed by atoms with Crippen LogP contribution in [0.4, 0.5) is 13.2 Å². The van der Waals surface area contributed by atoms with Crippen LogP contribution in [0.25, 0.3) is 17.2 Å². The minimum atomic E-state index is -4.73. The Bertz CT molecular complexity index is 1600. The molecular formula is C25H27BrCl2F3N7O2Si. The molecule has 41 heavy (non-hydrogen) atoms. The summed E-state index contributed by atoms with van der Waals surface area (Å²) in [6.07, 6.45) is -5.44. The summed E-state index contributed by atoms with van der Waals surface area (Å²) in [6, 6.07) is 9.57. The molecule has 1 aromatic carbocycles. The van der Waals surface area contributed by atoms with Crippen LogP contribution >= 0.6 is 39.1 Å². The van der Waals surface area contributed by atoms with E-state index in [-0.39, 0.29) is 22.9 Å². The molecule has 0 bridgehead atoms. The summed E-state index contributed by atoms with van der Waals surface area (Å²) < 4.78 is 52.4. The van der Waals surface area contributed by atoms with Crippen molar-refractivity contribution in [2.75, 3.05) is 0 Å². The van der Waals surface area contributed by atoms with Crippen molar-refractivity contribution in [3.8, 4) is 17.2 Å². The van der Waals surface area contributed by atoms with Crippen LogP contribution < -0.4 is 5.69 Å². The molecule has 0 saturated heterocycles. The highest BCUT2D eigenvalue weighted by molar-refractivity contribution is 9.10. The molecule has 16 heteroatoms. The Morgan fingerprint density at radius 3 is 2.32 bits per heavy atom. The Balaban J connectivity index is 1.77. The Morgan fingerprint density at radius 2 is 1.73 bits per heavy atom. The zero-order valence-corrected chi connectivity index (χ0v) is 26.8. The first-order valence-corrected chi connectivity index (χ1v) is 16.8. The average Bonchev–Trinajstić information content (AvgIpc) is 3.37. The Labute approximate surface area is 253 Å². The zero-order valence-electron chi connectivity index (χ0n) is 22.7. The van der Waals surface area contributed by atoms with E-state index in [4.69, 9.17) is 27.6 Å². The molecule has 0 aliphatic rings. The van der Waals surface area contributed by atoms with Gasteiger partial charge in [-0.2, -0.15) is 17.9 Å². The third kappa shape index (κ3) is 6.93. The van der Waals surface area contributed by atoms with Gasteiger partial charge in [0.1, 0.15) is 6.54 Å². The lowest BCUT2D eigenvalue weighted by atomic mass is 10.2. The fraction of sp³-hybridized carbons (Fsp3) is 0.400. The summed E-state index contributed by atoms with van der Waals surface area (Å²) in [6.45, 7) is 7.97. The van der Waals surface area contributed by atoms with Gasteiger partial charge in [0.25, 0.3) is 0 Å². The second kappa shape index (κ2) is 11.6. The molecule has 1 unspecified atom stereocenters. The summed E-state index contributed by atoms with van der Waals surface area (Å²) in [4.78, 5) is 22.1. The lowest BCUT2D eigenvalue weighted by Gasteiger charge is -2.39. The Kier molecular flexibility index (Phi) is 8.91. The van der Waals surface area contributed by atoms with Crippen LogP contribution in [-0.2, 0) is 17.5 Å². The Morgan fingerprint density at radius 1 is 1.07 bits per heavy atom. The zero-order chi connectivity index (χ0) is 30.3. The molecule has 0 aliphatic heterocycles. The van der Waals surface area contributed by atoms with Crippen molar-refractivity contribution in [3.05, 3.63) is 73.7 Å². The monoisotopic (exact) mass is 691 g/mol. The number of halogens is 6. The highest BCUT2D eigenvalue weighted by Crippen LogP contribution is 2.40. The number of benzene rings is 1. The van der Waals surface area contributed by atoms with E-state index in [0.29, 0.717) is 21.4 Å². The summed E-state index contributed by atoms with van der Waals surface area (Å²) >= 11 is 15.6.